The molecule has 2 rings (SSSR count). The van der Waals surface area contributed by atoms with Gasteiger partial charge in [0.05, 0.1) is 51.8 Å². The van der Waals surface area contributed by atoms with Gasteiger partial charge in [-0.15, -0.1) is 11.3 Å². The Hall–Kier alpha value is -2.53. The van der Waals surface area contributed by atoms with Crippen LogP contribution in [0.2, 0.25) is 0 Å². The Kier molecular flexibility index (Phi) is 11.1. The summed E-state index contributed by atoms with van der Waals surface area (Å²) in [6.45, 7) is 8.72. The van der Waals surface area contributed by atoms with Gasteiger partial charge < -0.3 is 24.6 Å². The average molecular weight is 466 g/mol. The Morgan fingerprint density at radius 3 is 2.28 bits per heavy atom. The van der Waals surface area contributed by atoms with E-state index >= 15 is 0 Å². The van der Waals surface area contributed by atoms with E-state index < -0.39 is 5.97 Å². The third kappa shape index (κ3) is 8.91. The maximum Gasteiger partial charge on any atom is 0.305 e. The zero-order valence-corrected chi connectivity index (χ0v) is 19.5. The predicted octanol–water partition coefficient (Wildman–Crippen LogP) is 3.26. The molecular formula is C22H31N3O6S. The quantitative estimate of drug-likeness (QED) is 0.343. The van der Waals surface area contributed by atoms with Crippen LogP contribution < -0.4 is 10.6 Å². The molecule has 176 valence electrons. The largest absolute Gasteiger partial charge is 0.481 e. The molecule has 10 heteroatoms. The van der Waals surface area contributed by atoms with E-state index in [1.807, 2.05) is 32.9 Å². The van der Waals surface area contributed by atoms with Crippen molar-refractivity contribution in [3.05, 3.63) is 39.9 Å². The number of carbonyl (C=O) groups excluding carboxylic acids is 1. The average Bonchev–Trinajstić information content (AvgIpc) is 3.06. The molecule has 0 saturated carbocycles. The summed E-state index contributed by atoms with van der Waals surface area (Å²) in [5.74, 6) is -1.06. The van der Waals surface area contributed by atoms with Gasteiger partial charge in [0.2, 0.25) is 0 Å². The molecular weight excluding hydrogens is 434 g/mol. The van der Waals surface area contributed by atoms with E-state index in [1.165, 1.54) is 11.3 Å². The number of aryl methyl sites for hydroxylation is 2. The first kappa shape index (κ1) is 25.7. The van der Waals surface area contributed by atoms with Crippen molar-refractivity contribution in [2.24, 2.45) is 0 Å². The first-order chi connectivity index (χ1) is 15.4. The van der Waals surface area contributed by atoms with Crippen LogP contribution in [0.3, 0.4) is 0 Å². The van der Waals surface area contributed by atoms with Crippen LogP contribution >= 0.6 is 11.3 Å². The Morgan fingerprint density at radius 1 is 1.00 bits per heavy atom. The number of hydrogen-bond acceptors (Lipinski definition) is 8. The predicted molar refractivity (Wildman–Crippen MR) is 124 cm³/mol. The van der Waals surface area contributed by atoms with Crippen LogP contribution in [0, 0.1) is 20.8 Å². The zero-order valence-electron chi connectivity index (χ0n) is 18.7. The fourth-order valence-corrected chi connectivity index (χ4v) is 3.53. The number of benzene rings is 1. The number of thiazole rings is 1. The molecule has 1 aromatic heterocycles. The van der Waals surface area contributed by atoms with Crippen molar-refractivity contribution >= 4 is 34.0 Å². The molecule has 2 aromatic rings. The van der Waals surface area contributed by atoms with Crippen molar-refractivity contribution in [1.82, 2.24) is 4.98 Å². The number of nitrogens with zero attached hydrogens (tertiary/aromatic N) is 1. The number of amides is 1. The molecule has 0 aliphatic heterocycles. The summed E-state index contributed by atoms with van der Waals surface area (Å²) < 4.78 is 16.0. The third-order valence-electron chi connectivity index (χ3n) is 4.59. The van der Waals surface area contributed by atoms with Gasteiger partial charge >= 0.3 is 5.97 Å². The van der Waals surface area contributed by atoms with Crippen molar-refractivity contribution in [1.29, 1.82) is 0 Å². The van der Waals surface area contributed by atoms with Crippen LogP contribution in [0.25, 0.3) is 0 Å². The van der Waals surface area contributed by atoms with Gasteiger partial charge in [-0.3, -0.25) is 14.9 Å². The second-order valence-corrected chi connectivity index (χ2v) is 8.20. The van der Waals surface area contributed by atoms with E-state index in [1.54, 1.807) is 6.07 Å². The minimum Gasteiger partial charge on any atom is -0.481 e. The lowest BCUT2D eigenvalue weighted by Gasteiger charge is -2.13. The summed E-state index contributed by atoms with van der Waals surface area (Å²) in [7, 11) is 0. The minimum absolute atomic E-state index is 0.00555. The lowest BCUT2D eigenvalue weighted by molar-refractivity contribution is -0.138. The monoisotopic (exact) mass is 465 g/mol. The van der Waals surface area contributed by atoms with Crippen molar-refractivity contribution in [3.63, 3.8) is 0 Å². The molecule has 0 unspecified atom stereocenters. The van der Waals surface area contributed by atoms with Gasteiger partial charge in [0.25, 0.3) is 5.91 Å². The van der Waals surface area contributed by atoms with E-state index in [0.717, 1.165) is 21.8 Å². The summed E-state index contributed by atoms with van der Waals surface area (Å²) in [5, 5.41) is 15.3. The molecule has 0 fully saturated rings. The summed E-state index contributed by atoms with van der Waals surface area (Å²) in [6, 6.07) is 5.56. The van der Waals surface area contributed by atoms with Gasteiger partial charge in [0.1, 0.15) is 0 Å². The van der Waals surface area contributed by atoms with Gasteiger partial charge in [-0.1, -0.05) is 6.07 Å². The highest BCUT2D eigenvalue weighted by Crippen LogP contribution is 2.24. The molecule has 9 nitrogen and oxygen atoms in total. The van der Waals surface area contributed by atoms with Crippen LogP contribution in [0.1, 0.15) is 32.9 Å². The van der Waals surface area contributed by atoms with Crippen LogP contribution in [0.4, 0.5) is 10.8 Å². The minimum atomic E-state index is -0.876. The molecule has 0 aliphatic rings. The smallest absolute Gasteiger partial charge is 0.305 e. The van der Waals surface area contributed by atoms with Crippen LogP contribution in [-0.4, -0.2) is 68.2 Å². The Morgan fingerprint density at radius 2 is 1.66 bits per heavy atom. The zero-order chi connectivity index (χ0) is 23.3. The van der Waals surface area contributed by atoms with Gasteiger partial charge in [-0.25, -0.2) is 4.98 Å². The fraction of sp³-hybridized carbons (Fsp3) is 0.500. The van der Waals surface area contributed by atoms with Crippen LogP contribution in [0.15, 0.2) is 18.2 Å². The molecule has 0 radical (unpaired) electrons. The SMILES string of the molecule is Cc1nc(NC(=O)c2cccc(NCCOCCOCCOCCC(=O)O)c2C)sc1C. The first-order valence-electron chi connectivity index (χ1n) is 10.4. The van der Waals surface area contributed by atoms with Crippen molar-refractivity contribution in [2.45, 2.75) is 27.2 Å². The van der Waals surface area contributed by atoms with Crippen molar-refractivity contribution < 1.29 is 28.9 Å². The molecule has 0 aliphatic carbocycles. The summed E-state index contributed by atoms with van der Waals surface area (Å²) in [6.07, 6.45) is -0.00555. The highest BCUT2D eigenvalue weighted by Gasteiger charge is 2.14. The summed E-state index contributed by atoms with van der Waals surface area (Å²) in [4.78, 5) is 28.4. The lowest BCUT2D eigenvalue weighted by atomic mass is 10.1. The number of hydrogen-bond donors (Lipinski definition) is 3. The Bertz CT molecular complexity index is 867. The lowest BCUT2D eigenvalue weighted by Crippen LogP contribution is -2.16. The van der Waals surface area contributed by atoms with Gasteiger partial charge in [-0.05, 0) is 38.5 Å². The molecule has 0 atom stereocenters. The van der Waals surface area contributed by atoms with Gasteiger partial charge in [-0.2, -0.15) is 0 Å². The number of aromatic nitrogens is 1. The van der Waals surface area contributed by atoms with E-state index in [4.69, 9.17) is 19.3 Å². The second kappa shape index (κ2) is 13.8. The number of nitrogens with one attached hydrogen (secondary N) is 2. The summed E-state index contributed by atoms with van der Waals surface area (Å²) >= 11 is 1.46. The molecule has 3 N–H and O–H groups in total. The maximum atomic E-state index is 12.7. The number of carboxylic acid groups (broad SMARTS) is 1. The fourth-order valence-electron chi connectivity index (χ4n) is 2.72. The number of anilines is 2. The first-order valence-corrected chi connectivity index (χ1v) is 11.2. The van der Waals surface area contributed by atoms with Crippen molar-refractivity contribution in [3.8, 4) is 0 Å². The molecule has 1 heterocycles. The third-order valence-corrected chi connectivity index (χ3v) is 5.58. The molecule has 0 spiro atoms. The molecule has 32 heavy (non-hydrogen) atoms. The topological polar surface area (TPSA) is 119 Å². The normalized spacial score (nSPS) is 10.8. The van der Waals surface area contributed by atoms with E-state index in [9.17, 15) is 9.59 Å². The Balaban J connectivity index is 1.63. The summed E-state index contributed by atoms with van der Waals surface area (Å²) in [5.41, 5.74) is 3.26. The van der Waals surface area contributed by atoms with E-state index in [-0.39, 0.29) is 18.9 Å². The van der Waals surface area contributed by atoms with E-state index in [2.05, 4.69) is 15.6 Å². The van der Waals surface area contributed by atoms with Crippen molar-refractivity contribution in [2.75, 3.05) is 56.8 Å². The second-order valence-electron chi connectivity index (χ2n) is 7.00. The number of carboxylic acids is 1. The highest BCUT2D eigenvalue weighted by molar-refractivity contribution is 7.15. The number of carbonyl (C=O) groups is 2. The number of rotatable bonds is 15. The highest BCUT2D eigenvalue weighted by atomic mass is 32.1. The van der Waals surface area contributed by atoms with E-state index in [0.29, 0.717) is 50.3 Å². The molecule has 0 saturated heterocycles. The number of aliphatic carboxylic acids is 1. The maximum absolute atomic E-state index is 12.7. The molecule has 1 aromatic carbocycles. The molecule has 0 bridgehead atoms. The van der Waals surface area contributed by atoms with Crippen LogP contribution in [-0.2, 0) is 19.0 Å². The Labute approximate surface area is 192 Å². The molecule has 1 amide bonds. The van der Waals surface area contributed by atoms with Gasteiger partial charge in [0, 0.05) is 22.7 Å². The standard InChI is InChI=1S/C22H31N3O6S/c1-15-18(21(28)25-22-24-16(2)17(3)32-22)5-4-6-19(15)23-8-10-30-12-14-31-13-11-29-9-7-20(26)27/h4-6,23H,7-14H2,1-3H3,(H,26,27)(H,24,25,28). The van der Waals surface area contributed by atoms with Gasteiger partial charge in [0.15, 0.2) is 5.13 Å². The van der Waals surface area contributed by atoms with Crippen LogP contribution in [0.5, 0.6) is 0 Å². The number of ether oxygens (including phenoxy) is 3.